The van der Waals surface area contributed by atoms with Crippen LogP contribution in [0, 0.1) is 6.92 Å². The third-order valence-electron chi connectivity index (χ3n) is 3.82. The van der Waals surface area contributed by atoms with Gasteiger partial charge in [0.25, 0.3) is 0 Å². The van der Waals surface area contributed by atoms with Crippen molar-refractivity contribution in [3.05, 3.63) is 15.9 Å². The highest BCUT2D eigenvalue weighted by molar-refractivity contribution is 9.10. The van der Waals surface area contributed by atoms with Crippen LogP contribution in [0.15, 0.2) is 4.47 Å². The summed E-state index contributed by atoms with van der Waals surface area (Å²) >= 11 is 3.64. The first-order valence-electron chi connectivity index (χ1n) is 7.47. The summed E-state index contributed by atoms with van der Waals surface area (Å²) in [5, 5.41) is 4.53. The third-order valence-corrected chi connectivity index (χ3v) is 4.85. The molecule has 0 amide bonds. The largest absolute Gasteiger partial charge is 0.304 e. The molecular formula is C14H28BrN5. The first kappa shape index (κ1) is 17.6. The maximum Gasteiger partial charge on any atom is 0.0738 e. The average Bonchev–Trinajstić information content (AvgIpc) is 2.74. The van der Waals surface area contributed by atoms with E-state index in [-0.39, 0.29) is 6.04 Å². The Hall–Kier alpha value is -0.430. The second-order valence-corrected chi connectivity index (χ2v) is 5.84. The molecule has 1 unspecified atom stereocenters. The van der Waals surface area contributed by atoms with Crippen LogP contribution in [0.4, 0.5) is 0 Å². The van der Waals surface area contributed by atoms with Crippen molar-refractivity contribution in [2.75, 3.05) is 19.6 Å². The van der Waals surface area contributed by atoms with E-state index < -0.39 is 0 Å². The minimum atomic E-state index is 0.272. The maximum absolute atomic E-state index is 5.72. The van der Waals surface area contributed by atoms with E-state index in [9.17, 15) is 0 Å². The molecule has 0 aliphatic carbocycles. The molecule has 0 saturated heterocycles. The molecule has 0 radical (unpaired) electrons. The molecule has 5 nitrogen and oxygen atoms in total. The number of aromatic nitrogens is 2. The summed E-state index contributed by atoms with van der Waals surface area (Å²) in [7, 11) is 0. The maximum atomic E-state index is 5.72. The van der Waals surface area contributed by atoms with E-state index >= 15 is 0 Å². The van der Waals surface area contributed by atoms with E-state index in [0.29, 0.717) is 0 Å². The Balaban J connectivity index is 2.68. The number of nitrogens with zero attached hydrogens (tertiary/aromatic N) is 3. The van der Waals surface area contributed by atoms with Crippen LogP contribution in [0.5, 0.6) is 0 Å². The normalized spacial score (nSPS) is 13.2. The first-order chi connectivity index (χ1) is 9.57. The Morgan fingerprint density at radius 1 is 1.35 bits per heavy atom. The summed E-state index contributed by atoms with van der Waals surface area (Å²) < 4.78 is 3.17. The summed E-state index contributed by atoms with van der Waals surface area (Å²) in [4.78, 5) is 2.42. The zero-order chi connectivity index (χ0) is 15.1. The van der Waals surface area contributed by atoms with Crippen molar-refractivity contribution in [2.45, 2.75) is 53.1 Å². The molecule has 1 rings (SSSR count). The molecule has 3 N–H and O–H groups in total. The van der Waals surface area contributed by atoms with Gasteiger partial charge in [-0.05, 0) is 55.8 Å². The van der Waals surface area contributed by atoms with Crippen molar-refractivity contribution < 1.29 is 0 Å². The van der Waals surface area contributed by atoms with Crippen LogP contribution in [0.2, 0.25) is 0 Å². The number of hydrogen-bond donors (Lipinski definition) is 2. The highest BCUT2D eigenvalue weighted by Crippen LogP contribution is 2.22. The number of halogens is 1. The Bertz CT molecular complexity index is 401. The van der Waals surface area contributed by atoms with Crippen molar-refractivity contribution >= 4 is 15.9 Å². The number of rotatable bonds is 9. The molecule has 6 heteroatoms. The summed E-state index contributed by atoms with van der Waals surface area (Å²) in [6, 6.07) is 0.272. The van der Waals surface area contributed by atoms with Crippen molar-refractivity contribution in [2.24, 2.45) is 5.84 Å². The van der Waals surface area contributed by atoms with E-state index in [1.54, 1.807) is 0 Å². The highest BCUT2D eigenvalue weighted by Gasteiger charge is 2.17. The molecule has 0 aliphatic rings. The molecule has 0 saturated carbocycles. The first-order valence-corrected chi connectivity index (χ1v) is 8.26. The predicted molar refractivity (Wildman–Crippen MR) is 87.6 cm³/mol. The molecule has 0 aliphatic heterocycles. The van der Waals surface area contributed by atoms with Gasteiger partial charge < -0.3 is 4.90 Å². The Morgan fingerprint density at radius 3 is 2.50 bits per heavy atom. The minimum Gasteiger partial charge on any atom is -0.304 e. The number of nitrogens with two attached hydrogens (primary N) is 1. The number of aryl methyl sites for hydroxylation is 2. The van der Waals surface area contributed by atoms with Crippen molar-refractivity contribution in [3.8, 4) is 0 Å². The van der Waals surface area contributed by atoms with Gasteiger partial charge in [-0.2, -0.15) is 5.10 Å². The fourth-order valence-electron chi connectivity index (χ4n) is 2.42. The van der Waals surface area contributed by atoms with E-state index in [0.717, 1.165) is 49.2 Å². The van der Waals surface area contributed by atoms with Crippen LogP contribution >= 0.6 is 15.9 Å². The smallest absolute Gasteiger partial charge is 0.0738 e. The van der Waals surface area contributed by atoms with Crippen LogP contribution in [0.25, 0.3) is 0 Å². The SMILES string of the molecule is CCN(CC)CCC(Cc1c(Br)c(C)nn1CC)NN. The lowest BCUT2D eigenvalue weighted by Crippen LogP contribution is -2.40. The Labute approximate surface area is 131 Å². The lowest BCUT2D eigenvalue weighted by atomic mass is 10.1. The zero-order valence-corrected chi connectivity index (χ0v) is 14.7. The van der Waals surface area contributed by atoms with E-state index in [1.165, 1.54) is 5.69 Å². The number of hydrazine groups is 1. The molecule has 116 valence electrons. The highest BCUT2D eigenvalue weighted by atomic mass is 79.9. The average molecular weight is 346 g/mol. The van der Waals surface area contributed by atoms with Crippen molar-refractivity contribution in [1.29, 1.82) is 0 Å². The summed E-state index contributed by atoms with van der Waals surface area (Å²) in [5.41, 5.74) is 5.23. The van der Waals surface area contributed by atoms with Gasteiger partial charge in [0, 0.05) is 19.0 Å². The molecule has 20 heavy (non-hydrogen) atoms. The second kappa shape index (κ2) is 8.77. The molecule has 1 aromatic heterocycles. The molecule has 0 spiro atoms. The quantitative estimate of drug-likeness (QED) is 0.531. The fraction of sp³-hybridized carbons (Fsp3) is 0.786. The topological polar surface area (TPSA) is 59.1 Å². The van der Waals surface area contributed by atoms with Gasteiger partial charge >= 0.3 is 0 Å². The van der Waals surface area contributed by atoms with Crippen LogP contribution in [0.1, 0.15) is 38.6 Å². The Kier molecular flexibility index (Phi) is 7.72. The molecule has 1 heterocycles. The van der Waals surface area contributed by atoms with Crippen LogP contribution < -0.4 is 11.3 Å². The predicted octanol–water partition coefficient (Wildman–Crippen LogP) is 2.08. The van der Waals surface area contributed by atoms with Gasteiger partial charge in [-0.15, -0.1) is 0 Å². The summed E-state index contributed by atoms with van der Waals surface area (Å²) in [6.07, 6.45) is 1.94. The van der Waals surface area contributed by atoms with Crippen molar-refractivity contribution in [3.63, 3.8) is 0 Å². The Morgan fingerprint density at radius 2 is 2.00 bits per heavy atom. The number of hydrogen-bond acceptors (Lipinski definition) is 4. The van der Waals surface area contributed by atoms with Gasteiger partial charge in [0.05, 0.1) is 15.9 Å². The van der Waals surface area contributed by atoms with Crippen LogP contribution in [0.3, 0.4) is 0 Å². The van der Waals surface area contributed by atoms with Crippen LogP contribution in [-0.4, -0.2) is 40.4 Å². The molecule has 0 aromatic carbocycles. The zero-order valence-electron chi connectivity index (χ0n) is 13.1. The third kappa shape index (κ3) is 4.55. The summed E-state index contributed by atoms with van der Waals surface area (Å²) in [6.45, 7) is 12.7. The van der Waals surface area contributed by atoms with E-state index in [2.05, 4.69) is 56.8 Å². The molecular weight excluding hydrogens is 318 g/mol. The standard InChI is InChI=1S/C14H28BrN5/c1-5-19(6-2)9-8-12(17-16)10-13-14(15)11(4)18-20(13)7-3/h12,17H,5-10,16H2,1-4H3. The summed E-state index contributed by atoms with van der Waals surface area (Å²) in [5.74, 6) is 5.72. The fourth-order valence-corrected chi connectivity index (χ4v) is 2.87. The van der Waals surface area contributed by atoms with E-state index in [1.807, 2.05) is 6.92 Å². The van der Waals surface area contributed by atoms with E-state index in [4.69, 9.17) is 5.84 Å². The van der Waals surface area contributed by atoms with Gasteiger partial charge in [-0.3, -0.25) is 16.0 Å². The number of nitrogens with one attached hydrogen (secondary N) is 1. The van der Waals surface area contributed by atoms with Crippen LogP contribution in [-0.2, 0) is 13.0 Å². The second-order valence-electron chi connectivity index (χ2n) is 5.05. The lowest BCUT2D eigenvalue weighted by molar-refractivity contribution is 0.279. The molecule has 0 bridgehead atoms. The van der Waals surface area contributed by atoms with Gasteiger partial charge in [0.15, 0.2) is 0 Å². The van der Waals surface area contributed by atoms with Gasteiger partial charge in [-0.1, -0.05) is 13.8 Å². The lowest BCUT2D eigenvalue weighted by Gasteiger charge is -2.22. The monoisotopic (exact) mass is 345 g/mol. The minimum absolute atomic E-state index is 0.272. The van der Waals surface area contributed by atoms with Gasteiger partial charge in [-0.25, -0.2) is 0 Å². The molecule has 0 fully saturated rings. The van der Waals surface area contributed by atoms with Gasteiger partial charge in [0.2, 0.25) is 0 Å². The molecule has 1 atom stereocenters. The van der Waals surface area contributed by atoms with Crippen molar-refractivity contribution in [1.82, 2.24) is 20.1 Å². The molecule has 1 aromatic rings. The van der Waals surface area contributed by atoms with Gasteiger partial charge in [0.1, 0.15) is 0 Å².